The standard InChI is InChI=1S/C17H32/c1-3-14-5-9-16(10-6-14)13-17-11-7-15(4-2)8-12-17/h14-17H,3-13H2,1-2H3/t14-,15-,16-,17-. The molecule has 0 heterocycles. The molecule has 2 saturated carbocycles. The molecule has 100 valence electrons. The first-order valence-electron chi connectivity index (χ1n) is 8.31. The Labute approximate surface area is 109 Å². The van der Waals surface area contributed by atoms with Crippen LogP contribution < -0.4 is 0 Å². The Kier molecular flexibility index (Phi) is 5.38. The molecular weight excluding hydrogens is 204 g/mol. The Hall–Kier alpha value is 0. The van der Waals surface area contributed by atoms with Gasteiger partial charge in [0.2, 0.25) is 0 Å². The van der Waals surface area contributed by atoms with Gasteiger partial charge in [-0.15, -0.1) is 0 Å². The highest BCUT2D eigenvalue weighted by atomic mass is 14.3. The Morgan fingerprint density at radius 3 is 1.12 bits per heavy atom. The zero-order chi connectivity index (χ0) is 12.1. The lowest BCUT2D eigenvalue weighted by molar-refractivity contribution is 0.188. The topological polar surface area (TPSA) is 0 Å². The van der Waals surface area contributed by atoms with Gasteiger partial charge in [0.15, 0.2) is 0 Å². The third-order valence-corrected chi connectivity index (χ3v) is 5.75. The predicted molar refractivity (Wildman–Crippen MR) is 76.1 cm³/mol. The van der Waals surface area contributed by atoms with Crippen molar-refractivity contribution in [3.63, 3.8) is 0 Å². The fraction of sp³-hybridized carbons (Fsp3) is 1.00. The van der Waals surface area contributed by atoms with Gasteiger partial charge in [0.1, 0.15) is 0 Å². The van der Waals surface area contributed by atoms with Gasteiger partial charge >= 0.3 is 0 Å². The minimum Gasteiger partial charge on any atom is -0.0651 e. The van der Waals surface area contributed by atoms with Crippen LogP contribution in [0.15, 0.2) is 0 Å². The summed E-state index contributed by atoms with van der Waals surface area (Å²) in [6.07, 6.45) is 16.8. The largest absolute Gasteiger partial charge is 0.0651 e. The predicted octanol–water partition coefficient (Wildman–Crippen LogP) is 5.81. The van der Waals surface area contributed by atoms with Crippen molar-refractivity contribution in [2.24, 2.45) is 23.7 Å². The van der Waals surface area contributed by atoms with Gasteiger partial charge in [-0.05, 0) is 30.1 Å². The fourth-order valence-electron chi connectivity index (χ4n) is 4.22. The van der Waals surface area contributed by atoms with Crippen molar-refractivity contribution in [3.05, 3.63) is 0 Å². The molecular formula is C17H32. The summed E-state index contributed by atoms with van der Waals surface area (Å²) in [4.78, 5) is 0. The van der Waals surface area contributed by atoms with Gasteiger partial charge in [0.05, 0.1) is 0 Å². The summed E-state index contributed by atoms with van der Waals surface area (Å²) in [5.41, 5.74) is 0. The molecule has 17 heavy (non-hydrogen) atoms. The van der Waals surface area contributed by atoms with Crippen LogP contribution in [0.25, 0.3) is 0 Å². The van der Waals surface area contributed by atoms with Gasteiger partial charge in [-0.2, -0.15) is 0 Å². The monoisotopic (exact) mass is 236 g/mol. The van der Waals surface area contributed by atoms with Crippen molar-refractivity contribution in [1.29, 1.82) is 0 Å². The Balaban J connectivity index is 1.65. The zero-order valence-electron chi connectivity index (χ0n) is 12.1. The SMILES string of the molecule is CC[C@H]1CC[C@H](C[C@H]2CC[C@H](CC)CC2)CC1. The first-order chi connectivity index (χ1) is 8.31. The maximum absolute atomic E-state index is 2.37. The lowest BCUT2D eigenvalue weighted by atomic mass is 9.72. The molecule has 2 aliphatic carbocycles. The second-order valence-electron chi connectivity index (χ2n) is 6.83. The molecule has 0 aliphatic heterocycles. The average Bonchev–Trinajstić information content (AvgIpc) is 2.40. The van der Waals surface area contributed by atoms with Crippen LogP contribution in [0.5, 0.6) is 0 Å². The molecule has 0 unspecified atom stereocenters. The summed E-state index contributed by atoms with van der Waals surface area (Å²) < 4.78 is 0. The molecule has 2 aliphatic rings. The molecule has 0 saturated heterocycles. The second kappa shape index (κ2) is 6.81. The summed E-state index contributed by atoms with van der Waals surface area (Å²) in [5.74, 6) is 4.34. The highest BCUT2D eigenvalue weighted by Gasteiger charge is 2.25. The summed E-state index contributed by atoms with van der Waals surface area (Å²) in [6.45, 7) is 4.74. The van der Waals surface area contributed by atoms with Gasteiger partial charge in [-0.1, -0.05) is 78.1 Å². The third kappa shape index (κ3) is 4.00. The Morgan fingerprint density at radius 1 is 0.529 bits per heavy atom. The molecule has 0 aromatic heterocycles. The van der Waals surface area contributed by atoms with E-state index in [-0.39, 0.29) is 0 Å². The van der Waals surface area contributed by atoms with Crippen molar-refractivity contribution < 1.29 is 0 Å². The van der Waals surface area contributed by atoms with Crippen molar-refractivity contribution >= 4 is 0 Å². The van der Waals surface area contributed by atoms with Gasteiger partial charge in [0, 0.05) is 0 Å². The van der Waals surface area contributed by atoms with Crippen molar-refractivity contribution in [2.45, 2.75) is 84.5 Å². The number of rotatable bonds is 4. The van der Waals surface area contributed by atoms with Crippen LogP contribution in [0.3, 0.4) is 0 Å². The Morgan fingerprint density at radius 2 is 0.824 bits per heavy atom. The molecule has 0 amide bonds. The highest BCUT2D eigenvalue weighted by Crippen LogP contribution is 2.39. The molecule has 0 N–H and O–H groups in total. The molecule has 2 rings (SSSR count). The molecule has 0 heteroatoms. The molecule has 0 atom stereocenters. The molecule has 0 spiro atoms. The smallest absolute Gasteiger partial charge is 0.0411 e. The number of hydrogen-bond acceptors (Lipinski definition) is 0. The van der Waals surface area contributed by atoms with Crippen LogP contribution in [0.1, 0.15) is 84.5 Å². The molecule has 0 nitrogen and oxygen atoms in total. The van der Waals surface area contributed by atoms with E-state index < -0.39 is 0 Å². The van der Waals surface area contributed by atoms with Crippen LogP contribution in [0, 0.1) is 23.7 Å². The lowest BCUT2D eigenvalue weighted by Gasteiger charge is -2.33. The summed E-state index contributed by atoms with van der Waals surface area (Å²) in [7, 11) is 0. The van der Waals surface area contributed by atoms with E-state index in [4.69, 9.17) is 0 Å². The van der Waals surface area contributed by atoms with Gasteiger partial charge in [0.25, 0.3) is 0 Å². The summed E-state index contributed by atoms with van der Waals surface area (Å²) >= 11 is 0. The Bertz CT molecular complexity index is 170. The first kappa shape index (κ1) is 13.4. The second-order valence-corrected chi connectivity index (χ2v) is 6.83. The van der Waals surface area contributed by atoms with Crippen molar-refractivity contribution in [1.82, 2.24) is 0 Å². The molecule has 0 aromatic carbocycles. The van der Waals surface area contributed by atoms with Crippen LogP contribution in [0.4, 0.5) is 0 Å². The average molecular weight is 236 g/mol. The quantitative estimate of drug-likeness (QED) is 0.578. The van der Waals surface area contributed by atoms with Crippen LogP contribution in [0.2, 0.25) is 0 Å². The van der Waals surface area contributed by atoms with Crippen LogP contribution in [-0.2, 0) is 0 Å². The van der Waals surface area contributed by atoms with Gasteiger partial charge < -0.3 is 0 Å². The van der Waals surface area contributed by atoms with Gasteiger partial charge in [-0.25, -0.2) is 0 Å². The van der Waals surface area contributed by atoms with E-state index in [1.165, 1.54) is 38.5 Å². The molecule has 0 bridgehead atoms. The van der Waals surface area contributed by atoms with E-state index in [2.05, 4.69) is 13.8 Å². The molecule has 0 radical (unpaired) electrons. The van der Waals surface area contributed by atoms with E-state index in [1.54, 1.807) is 32.1 Å². The van der Waals surface area contributed by atoms with E-state index in [0.29, 0.717) is 0 Å². The zero-order valence-corrected chi connectivity index (χ0v) is 12.1. The summed E-state index contributed by atoms with van der Waals surface area (Å²) in [5, 5.41) is 0. The maximum Gasteiger partial charge on any atom is -0.0411 e. The number of hydrogen-bond donors (Lipinski definition) is 0. The van der Waals surface area contributed by atoms with E-state index >= 15 is 0 Å². The summed E-state index contributed by atoms with van der Waals surface area (Å²) in [6, 6.07) is 0. The van der Waals surface area contributed by atoms with Crippen molar-refractivity contribution in [3.8, 4) is 0 Å². The van der Waals surface area contributed by atoms with E-state index in [9.17, 15) is 0 Å². The first-order valence-corrected chi connectivity index (χ1v) is 8.31. The third-order valence-electron chi connectivity index (χ3n) is 5.75. The minimum absolute atomic E-state index is 1.07. The van der Waals surface area contributed by atoms with Crippen LogP contribution in [-0.4, -0.2) is 0 Å². The minimum atomic E-state index is 1.07. The van der Waals surface area contributed by atoms with Gasteiger partial charge in [-0.3, -0.25) is 0 Å². The fourth-order valence-corrected chi connectivity index (χ4v) is 4.22. The molecule has 2 fully saturated rings. The lowest BCUT2D eigenvalue weighted by Crippen LogP contribution is -2.20. The van der Waals surface area contributed by atoms with E-state index in [1.807, 2.05) is 0 Å². The highest BCUT2D eigenvalue weighted by molar-refractivity contribution is 4.78. The normalized spacial score (nSPS) is 39.2. The maximum atomic E-state index is 2.37. The van der Waals surface area contributed by atoms with Crippen molar-refractivity contribution in [2.75, 3.05) is 0 Å². The van der Waals surface area contributed by atoms with Crippen LogP contribution >= 0.6 is 0 Å². The molecule has 0 aromatic rings. The van der Waals surface area contributed by atoms with E-state index in [0.717, 1.165) is 23.7 Å².